The zero-order valence-electron chi connectivity index (χ0n) is 21.1. The standard InChI is InChI=1S/C28H29FN4O4/c1-33-27(34)20(16-31-28(33)32-18-7-5-4-6-8-18)17-9-11-23(21(29)15-17)37-22-13-14-30-25-19(22)10-12-24(35-2)26(25)36-3/h9-16,18H,4-8H2,1-3H3,(H,31,32). The molecule has 0 amide bonds. The maximum absolute atomic E-state index is 15.2. The van der Waals surface area contributed by atoms with E-state index in [1.54, 1.807) is 44.6 Å². The van der Waals surface area contributed by atoms with Gasteiger partial charge in [0.05, 0.1) is 19.8 Å². The van der Waals surface area contributed by atoms with E-state index in [9.17, 15) is 4.79 Å². The van der Waals surface area contributed by atoms with Gasteiger partial charge in [-0.05, 0) is 48.7 Å². The molecule has 9 heteroatoms. The van der Waals surface area contributed by atoms with Crippen molar-refractivity contribution >= 4 is 16.9 Å². The van der Waals surface area contributed by atoms with E-state index in [2.05, 4.69) is 15.3 Å². The lowest BCUT2D eigenvalue weighted by atomic mass is 9.96. The second-order valence-electron chi connectivity index (χ2n) is 9.09. The van der Waals surface area contributed by atoms with Crippen molar-refractivity contribution in [1.82, 2.24) is 14.5 Å². The highest BCUT2D eigenvalue weighted by atomic mass is 19.1. The Balaban J connectivity index is 1.42. The van der Waals surface area contributed by atoms with E-state index < -0.39 is 5.82 Å². The fraction of sp³-hybridized carbons (Fsp3) is 0.321. The maximum Gasteiger partial charge on any atom is 0.262 e. The van der Waals surface area contributed by atoms with Gasteiger partial charge in [0.25, 0.3) is 5.56 Å². The lowest BCUT2D eigenvalue weighted by Gasteiger charge is -2.24. The molecule has 0 saturated heterocycles. The van der Waals surface area contributed by atoms with Crippen LogP contribution in [0.25, 0.3) is 22.0 Å². The van der Waals surface area contributed by atoms with Crippen LogP contribution in [0.5, 0.6) is 23.0 Å². The molecule has 2 aromatic carbocycles. The topological polar surface area (TPSA) is 87.5 Å². The van der Waals surface area contributed by atoms with Gasteiger partial charge in [-0.3, -0.25) is 14.3 Å². The molecular weight excluding hydrogens is 475 g/mol. The Hall–Kier alpha value is -4.14. The second kappa shape index (κ2) is 10.5. The van der Waals surface area contributed by atoms with E-state index in [4.69, 9.17) is 14.2 Å². The second-order valence-corrected chi connectivity index (χ2v) is 9.09. The van der Waals surface area contributed by atoms with E-state index >= 15 is 4.39 Å². The van der Waals surface area contributed by atoms with Gasteiger partial charge in [-0.1, -0.05) is 25.3 Å². The number of halogens is 1. The SMILES string of the molecule is COc1ccc2c(Oc3ccc(-c4cnc(NC5CCCCC5)n(C)c4=O)cc3F)ccnc2c1OC. The highest BCUT2D eigenvalue weighted by molar-refractivity contribution is 5.92. The molecule has 4 aromatic rings. The van der Waals surface area contributed by atoms with Crippen LogP contribution in [0.4, 0.5) is 10.3 Å². The summed E-state index contributed by atoms with van der Waals surface area (Å²) in [6.07, 6.45) is 8.79. The molecule has 8 nitrogen and oxygen atoms in total. The Kier molecular flexibility index (Phi) is 6.94. The van der Waals surface area contributed by atoms with Crippen LogP contribution in [-0.2, 0) is 7.05 Å². The third kappa shape index (κ3) is 4.81. The van der Waals surface area contributed by atoms with Crippen LogP contribution in [0.2, 0.25) is 0 Å². The Labute approximate surface area is 214 Å². The Morgan fingerprint density at radius 1 is 0.973 bits per heavy atom. The van der Waals surface area contributed by atoms with Crippen molar-refractivity contribution in [3.63, 3.8) is 0 Å². The molecule has 1 fully saturated rings. The molecule has 2 heterocycles. The van der Waals surface area contributed by atoms with Crippen molar-refractivity contribution < 1.29 is 18.6 Å². The molecule has 0 spiro atoms. The number of anilines is 1. The highest BCUT2D eigenvalue weighted by Gasteiger charge is 2.18. The molecule has 0 radical (unpaired) electrons. The quantitative estimate of drug-likeness (QED) is 0.346. The fourth-order valence-electron chi connectivity index (χ4n) is 4.77. The van der Waals surface area contributed by atoms with Crippen LogP contribution >= 0.6 is 0 Å². The average molecular weight is 505 g/mol. The summed E-state index contributed by atoms with van der Waals surface area (Å²) < 4.78 is 33.4. The highest BCUT2D eigenvalue weighted by Crippen LogP contribution is 2.39. The van der Waals surface area contributed by atoms with Crippen molar-refractivity contribution in [3.8, 4) is 34.1 Å². The van der Waals surface area contributed by atoms with Crippen LogP contribution < -0.4 is 25.1 Å². The molecule has 0 aliphatic heterocycles. The number of ether oxygens (including phenoxy) is 3. The minimum atomic E-state index is -0.602. The van der Waals surface area contributed by atoms with Crippen molar-refractivity contribution in [2.24, 2.45) is 7.05 Å². The van der Waals surface area contributed by atoms with Crippen LogP contribution in [0.3, 0.4) is 0 Å². The van der Waals surface area contributed by atoms with Gasteiger partial charge in [-0.25, -0.2) is 9.37 Å². The zero-order valence-corrected chi connectivity index (χ0v) is 21.1. The van der Waals surface area contributed by atoms with E-state index in [1.165, 1.54) is 49.3 Å². The van der Waals surface area contributed by atoms with Crippen LogP contribution in [0.1, 0.15) is 32.1 Å². The van der Waals surface area contributed by atoms with E-state index in [0.29, 0.717) is 51.3 Å². The van der Waals surface area contributed by atoms with Crippen LogP contribution in [0, 0.1) is 5.82 Å². The van der Waals surface area contributed by atoms with Crippen molar-refractivity contribution in [3.05, 3.63) is 65.0 Å². The van der Waals surface area contributed by atoms with Gasteiger partial charge < -0.3 is 19.5 Å². The number of rotatable bonds is 7. The lowest BCUT2D eigenvalue weighted by molar-refractivity contribution is 0.358. The van der Waals surface area contributed by atoms with Crippen molar-refractivity contribution in [2.45, 2.75) is 38.1 Å². The lowest BCUT2D eigenvalue weighted by Crippen LogP contribution is -2.29. The monoisotopic (exact) mass is 504 g/mol. The summed E-state index contributed by atoms with van der Waals surface area (Å²) in [6, 6.07) is 9.93. The molecule has 1 aliphatic rings. The van der Waals surface area contributed by atoms with Gasteiger partial charge in [0, 0.05) is 30.9 Å². The molecule has 0 bridgehead atoms. The first kappa shape index (κ1) is 24.5. The Morgan fingerprint density at radius 3 is 2.49 bits per heavy atom. The molecule has 2 aromatic heterocycles. The van der Waals surface area contributed by atoms with E-state index in [0.717, 1.165) is 12.8 Å². The minimum absolute atomic E-state index is 0.0198. The summed E-state index contributed by atoms with van der Waals surface area (Å²) in [5, 5.41) is 4.02. The molecule has 0 atom stereocenters. The first-order chi connectivity index (χ1) is 18.0. The molecule has 0 unspecified atom stereocenters. The summed E-state index contributed by atoms with van der Waals surface area (Å²) in [6.45, 7) is 0. The molecule has 192 valence electrons. The van der Waals surface area contributed by atoms with Gasteiger partial charge in [0.2, 0.25) is 5.95 Å². The predicted octanol–water partition coefficient (Wildman–Crippen LogP) is 5.69. The number of hydrogen-bond donors (Lipinski definition) is 1. The number of methoxy groups -OCH3 is 2. The largest absolute Gasteiger partial charge is 0.493 e. The number of hydrogen-bond acceptors (Lipinski definition) is 7. The van der Waals surface area contributed by atoms with E-state index in [-0.39, 0.29) is 11.3 Å². The number of pyridine rings is 1. The number of benzene rings is 2. The number of nitrogens with zero attached hydrogens (tertiary/aromatic N) is 3. The van der Waals surface area contributed by atoms with E-state index in [1.807, 2.05) is 0 Å². The maximum atomic E-state index is 15.2. The zero-order chi connectivity index (χ0) is 25.9. The molecule has 5 rings (SSSR count). The third-order valence-electron chi connectivity index (χ3n) is 6.78. The van der Waals surface area contributed by atoms with Crippen molar-refractivity contribution in [1.29, 1.82) is 0 Å². The van der Waals surface area contributed by atoms with Gasteiger partial charge in [0.1, 0.15) is 11.3 Å². The summed E-state index contributed by atoms with van der Waals surface area (Å²) in [5.41, 5.74) is 1.02. The predicted molar refractivity (Wildman–Crippen MR) is 140 cm³/mol. The Bertz CT molecular complexity index is 1500. The summed E-state index contributed by atoms with van der Waals surface area (Å²) in [5.74, 6) is 1.35. The smallest absolute Gasteiger partial charge is 0.262 e. The molecule has 1 saturated carbocycles. The van der Waals surface area contributed by atoms with Gasteiger partial charge >= 0.3 is 0 Å². The summed E-state index contributed by atoms with van der Waals surface area (Å²) in [7, 11) is 4.75. The minimum Gasteiger partial charge on any atom is -0.493 e. The van der Waals surface area contributed by atoms with Crippen LogP contribution in [-0.4, -0.2) is 34.8 Å². The molecule has 37 heavy (non-hydrogen) atoms. The molecule has 1 aliphatic carbocycles. The normalized spacial score (nSPS) is 13.9. The van der Waals surface area contributed by atoms with Gasteiger partial charge in [0.15, 0.2) is 23.1 Å². The van der Waals surface area contributed by atoms with Crippen LogP contribution in [0.15, 0.2) is 53.6 Å². The first-order valence-corrected chi connectivity index (χ1v) is 12.3. The number of fused-ring (bicyclic) bond motifs is 1. The average Bonchev–Trinajstić information content (AvgIpc) is 2.92. The van der Waals surface area contributed by atoms with Gasteiger partial charge in [-0.15, -0.1) is 0 Å². The Morgan fingerprint density at radius 2 is 1.76 bits per heavy atom. The molecular formula is C28H29FN4O4. The fourth-order valence-corrected chi connectivity index (χ4v) is 4.77. The number of nitrogens with one attached hydrogen (secondary N) is 1. The molecule has 1 N–H and O–H groups in total. The summed E-state index contributed by atoms with van der Waals surface area (Å²) in [4.78, 5) is 21.9. The summed E-state index contributed by atoms with van der Waals surface area (Å²) >= 11 is 0. The van der Waals surface area contributed by atoms with Crippen molar-refractivity contribution in [2.75, 3.05) is 19.5 Å². The first-order valence-electron chi connectivity index (χ1n) is 12.3. The third-order valence-corrected chi connectivity index (χ3v) is 6.78. The van der Waals surface area contributed by atoms with Gasteiger partial charge in [-0.2, -0.15) is 0 Å². The number of aromatic nitrogens is 3.